The summed E-state index contributed by atoms with van der Waals surface area (Å²) in [5, 5.41) is 2.39. The Morgan fingerprint density at radius 2 is 1.48 bits per heavy atom. The monoisotopic (exact) mass is 400 g/mol. The molecule has 3 heterocycles. The smallest absolute Gasteiger partial charge is 0.281 e. The molecule has 3 fully saturated rings. The molecule has 0 radical (unpaired) electrons. The second-order valence-corrected chi connectivity index (χ2v) is 9.76. The summed E-state index contributed by atoms with van der Waals surface area (Å²) in [5.74, 6) is 0.802. The lowest BCUT2D eigenvalue weighted by Crippen LogP contribution is -2.49. The van der Waals surface area contributed by atoms with E-state index in [1.165, 1.54) is 4.31 Å². The molecule has 1 unspecified atom stereocenters. The second-order valence-electron chi connectivity index (χ2n) is 7.83. The van der Waals surface area contributed by atoms with E-state index in [1.807, 2.05) is 13.8 Å². The zero-order valence-corrected chi connectivity index (χ0v) is 17.2. The normalized spacial score (nSPS) is 27.4. The van der Waals surface area contributed by atoms with Crippen molar-refractivity contribution in [3.8, 4) is 0 Å². The highest BCUT2D eigenvalue weighted by molar-refractivity contribution is 7.86. The highest BCUT2D eigenvalue weighted by Crippen LogP contribution is 2.34. The van der Waals surface area contributed by atoms with Gasteiger partial charge in [-0.1, -0.05) is 13.8 Å². The van der Waals surface area contributed by atoms with Gasteiger partial charge in [-0.05, 0) is 50.6 Å². The third-order valence-electron chi connectivity index (χ3n) is 6.48. The van der Waals surface area contributed by atoms with Gasteiger partial charge in [0, 0.05) is 26.2 Å². The van der Waals surface area contributed by atoms with Gasteiger partial charge in [-0.15, -0.1) is 0 Å². The van der Waals surface area contributed by atoms with Crippen LogP contribution in [-0.4, -0.2) is 79.1 Å². The van der Waals surface area contributed by atoms with Crippen molar-refractivity contribution in [3.05, 3.63) is 0 Å². The maximum atomic E-state index is 12.7. The molecule has 0 aromatic rings. The topological polar surface area (TPSA) is 90.0 Å². The molecule has 8 nitrogen and oxygen atoms in total. The number of hydrogen-bond donors (Lipinski definition) is 1. The summed E-state index contributed by atoms with van der Waals surface area (Å²) in [6.45, 7) is 7.65. The first-order valence-corrected chi connectivity index (χ1v) is 11.6. The quantitative estimate of drug-likeness (QED) is 0.653. The maximum Gasteiger partial charge on any atom is 0.281 e. The van der Waals surface area contributed by atoms with E-state index in [2.05, 4.69) is 10.2 Å². The van der Waals surface area contributed by atoms with Crippen molar-refractivity contribution >= 4 is 22.0 Å². The summed E-state index contributed by atoms with van der Waals surface area (Å²) in [6, 6.07) is -0.292. The highest BCUT2D eigenvalue weighted by atomic mass is 32.2. The predicted octanol–water partition coefficient (Wildman–Crippen LogP) is 0.412. The van der Waals surface area contributed by atoms with Crippen LogP contribution in [0.4, 0.5) is 0 Å². The Labute approximate surface area is 162 Å². The lowest BCUT2D eigenvalue weighted by molar-refractivity contribution is -0.126. The van der Waals surface area contributed by atoms with Crippen LogP contribution in [0.25, 0.3) is 0 Å². The molecule has 0 aliphatic carbocycles. The van der Waals surface area contributed by atoms with Crippen LogP contribution in [0.15, 0.2) is 0 Å². The third kappa shape index (κ3) is 4.36. The van der Waals surface area contributed by atoms with E-state index in [9.17, 15) is 18.0 Å². The van der Waals surface area contributed by atoms with Crippen LogP contribution in [-0.2, 0) is 19.8 Å². The van der Waals surface area contributed by atoms with Gasteiger partial charge in [-0.3, -0.25) is 19.8 Å². The number of nitrogens with zero attached hydrogens (tertiary/aromatic N) is 3. The number of piperidine rings is 2. The Bertz CT molecular complexity index is 648. The fourth-order valence-corrected chi connectivity index (χ4v) is 6.48. The Balaban J connectivity index is 1.49. The van der Waals surface area contributed by atoms with Crippen LogP contribution < -0.4 is 5.32 Å². The minimum Gasteiger partial charge on any atom is -0.295 e. The molecular formula is C18H32N4O4S. The maximum absolute atomic E-state index is 12.7. The molecule has 3 aliphatic rings. The van der Waals surface area contributed by atoms with Gasteiger partial charge in [-0.2, -0.15) is 17.0 Å². The standard InChI is InChI=1S/C18H32N4O4S/c1-3-21(4-2)27(25,26)22-11-7-15(8-12-22)14-5-9-20(10-6-14)16-13-17(23)19-18(16)24/h14-16H,3-13H2,1-2H3,(H,19,23,24). The van der Waals surface area contributed by atoms with Crippen molar-refractivity contribution in [2.75, 3.05) is 39.3 Å². The Hall–Kier alpha value is -1.03. The summed E-state index contributed by atoms with van der Waals surface area (Å²) < 4.78 is 28.5. The van der Waals surface area contributed by atoms with E-state index in [-0.39, 0.29) is 24.3 Å². The molecule has 0 spiro atoms. The molecule has 0 bridgehead atoms. The average molecular weight is 401 g/mol. The van der Waals surface area contributed by atoms with E-state index in [0.29, 0.717) is 38.0 Å². The minimum atomic E-state index is -3.33. The number of likely N-dealkylation sites (tertiary alicyclic amines) is 1. The first kappa shape index (κ1) is 20.7. The zero-order valence-electron chi connectivity index (χ0n) is 16.4. The summed E-state index contributed by atoms with van der Waals surface area (Å²) in [6.07, 6.45) is 4.14. The van der Waals surface area contributed by atoms with Crippen LogP contribution in [0.1, 0.15) is 46.0 Å². The van der Waals surface area contributed by atoms with Gasteiger partial charge < -0.3 is 0 Å². The number of hydrogen-bond acceptors (Lipinski definition) is 5. The van der Waals surface area contributed by atoms with Crippen LogP contribution in [0.3, 0.4) is 0 Å². The number of imide groups is 1. The predicted molar refractivity (Wildman–Crippen MR) is 102 cm³/mol. The Morgan fingerprint density at radius 3 is 1.93 bits per heavy atom. The van der Waals surface area contributed by atoms with Gasteiger partial charge >= 0.3 is 0 Å². The van der Waals surface area contributed by atoms with E-state index in [1.54, 1.807) is 4.31 Å². The molecule has 9 heteroatoms. The molecule has 1 N–H and O–H groups in total. The summed E-state index contributed by atoms with van der Waals surface area (Å²) in [4.78, 5) is 25.4. The molecule has 3 rings (SSSR count). The lowest BCUT2D eigenvalue weighted by Gasteiger charge is -2.41. The van der Waals surface area contributed by atoms with E-state index in [0.717, 1.165) is 38.8 Å². The molecular weight excluding hydrogens is 368 g/mol. The van der Waals surface area contributed by atoms with Gasteiger partial charge in [0.2, 0.25) is 11.8 Å². The molecule has 0 saturated carbocycles. The van der Waals surface area contributed by atoms with Gasteiger partial charge in [0.1, 0.15) is 0 Å². The van der Waals surface area contributed by atoms with Gasteiger partial charge in [0.15, 0.2) is 0 Å². The first-order chi connectivity index (χ1) is 12.9. The van der Waals surface area contributed by atoms with Crippen molar-refractivity contribution in [2.45, 2.75) is 52.0 Å². The molecule has 0 aromatic carbocycles. The van der Waals surface area contributed by atoms with Crippen molar-refractivity contribution in [2.24, 2.45) is 11.8 Å². The third-order valence-corrected chi connectivity index (χ3v) is 8.67. The molecule has 2 amide bonds. The van der Waals surface area contributed by atoms with Crippen molar-refractivity contribution in [3.63, 3.8) is 0 Å². The highest BCUT2D eigenvalue weighted by Gasteiger charge is 2.39. The molecule has 27 heavy (non-hydrogen) atoms. The number of rotatable bonds is 6. The largest absolute Gasteiger partial charge is 0.295 e. The molecule has 154 valence electrons. The number of nitrogens with one attached hydrogen (secondary N) is 1. The second kappa shape index (κ2) is 8.55. The summed E-state index contributed by atoms with van der Waals surface area (Å²) in [7, 11) is -3.33. The average Bonchev–Trinajstić information content (AvgIpc) is 3.01. The van der Waals surface area contributed by atoms with Crippen molar-refractivity contribution < 1.29 is 18.0 Å². The Morgan fingerprint density at radius 1 is 0.963 bits per heavy atom. The summed E-state index contributed by atoms with van der Waals surface area (Å²) >= 11 is 0. The van der Waals surface area contributed by atoms with Crippen molar-refractivity contribution in [1.29, 1.82) is 0 Å². The molecule has 1 atom stereocenters. The fraction of sp³-hybridized carbons (Fsp3) is 0.889. The lowest BCUT2D eigenvalue weighted by atomic mass is 9.79. The SMILES string of the molecule is CCN(CC)S(=O)(=O)N1CCC(C2CCN(C3CC(=O)NC3=O)CC2)CC1. The zero-order chi connectivity index (χ0) is 19.6. The summed E-state index contributed by atoms with van der Waals surface area (Å²) in [5.41, 5.74) is 0. The molecule has 0 aromatic heterocycles. The van der Waals surface area contributed by atoms with Gasteiger partial charge in [0.05, 0.1) is 12.5 Å². The van der Waals surface area contributed by atoms with E-state index >= 15 is 0 Å². The molecule has 3 aliphatic heterocycles. The number of amides is 2. The fourth-order valence-electron chi connectivity index (χ4n) is 4.83. The van der Waals surface area contributed by atoms with E-state index in [4.69, 9.17) is 0 Å². The van der Waals surface area contributed by atoms with Crippen LogP contribution >= 0.6 is 0 Å². The minimum absolute atomic E-state index is 0.159. The number of carbonyl (C=O) groups is 2. The van der Waals surface area contributed by atoms with Crippen molar-refractivity contribution in [1.82, 2.24) is 18.8 Å². The number of carbonyl (C=O) groups excluding carboxylic acids is 2. The van der Waals surface area contributed by atoms with Gasteiger partial charge in [-0.25, -0.2) is 0 Å². The van der Waals surface area contributed by atoms with Crippen LogP contribution in [0, 0.1) is 11.8 Å². The van der Waals surface area contributed by atoms with Crippen LogP contribution in [0.5, 0.6) is 0 Å². The molecule has 3 saturated heterocycles. The first-order valence-electron chi connectivity index (χ1n) is 10.2. The van der Waals surface area contributed by atoms with Gasteiger partial charge in [0.25, 0.3) is 10.2 Å². The Kier molecular flexibility index (Phi) is 6.55. The van der Waals surface area contributed by atoms with E-state index < -0.39 is 10.2 Å². The van der Waals surface area contributed by atoms with Crippen LogP contribution in [0.2, 0.25) is 0 Å².